The molecular formula is C18H19Cl2N5O2. The summed E-state index contributed by atoms with van der Waals surface area (Å²) in [7, 11) is 0. The number of amides is 2. The highest BCUT2D eigenvalue weighted by Gasteiger charge is 2.35. The second-order valence-electron chi connectivity index (χ2n) is 6.37. The average Bonchev–Trinajstić information content (AvgIpc) is 3.10. The van der Waals surface area contributed by atoms with Crippen molar-refractivity contribution in [1.82, 2.24) is 20.3 Å². The summed E-state index contributed by atoms with van der Waals surface area (Å²) >= 11 is 12.1. The predicted octanol–water partition coefficient (Wildman–Crippen LogP) is 3.15. The third-order valence-electron chi connectivity index (χ3n) is 4.25. The highest BCUT2D eigenvalue weighted by atomic mass is 35.5. The molecule has 0 aliphatic carbocycles. The molecule has 7 nitrogen and oxygen atoms in total. The maximum atomic E-state index is 12.9. The first-order chi connectivity index (χ1) is 12.8. The normalized spacial score (nSPS) is 16.3. The Morgan fingerprint density at radius 1 is 1.15 bits per heavy atom. The largest absolute Gasteiger partial charge is 0.327 e. The van der Waals surface area contributed by atoms with Gasteiger partial charge in [0.2, 0.25) is 5.95 Å². The second kappa shape index (κ2) is 8.10. The maximum absolute atomic E-state index is 12.9. The maximum Gasteiger partial charge on any atom is 0.261 e. The number of carbonyl (C=O) groups is 2. The van der Waals surface area contributed by atoms with Crippen LogP contribution in [0.2, 0.25) is 10.0 Å². The Bertz CT molecular complexity index is 870. The summed E-state index contributed by atoms with van der Waals surface area (Å²) in [6.45, 7) is 4.15. The number of aromatic nitrogens is 2. The fraction of sp³-hybridized carbons (Fsp3) is 0.333. The average molecular weight is 408 g/mol. The Hall–Kier alpha value is -2.38. The third kappa shape index (κ3) is 4.48. The number of rotatable bonds is 4. The van der Waals surface area contributed by atoms with Crippen molar-refractivity contribution in [2.75, 3.05) is 12.0 Å². The minimum Gasteiger partial charge on any atom is -0.327 e. The lowest BCUT2D eigenvalue weighted by Crippen LogP contribution is -2.47. The molecule has 3 rings (SSSR count). The van der Waals surface area contributed by atoms with Crippen molar-refractivity contribution in [3.63, 3.8) is 0 Å². The SMILES string of the molecule is Cc1cc(C)nc(NNC(=O)C2CCCN2C(=O)c2cc(Cl)ccc2Cl)n1. The van der Waals surface area contributed by atoms with Gasteiger partial charge in [-0.25, -0.2) is 9.97 Å². The van der Waals surface area contributed by atoms with Crippen molar-refractivity contribution in [2.45, 2.75) is 32.7 Å². The van der Waals surface area contributed by atoms with Crippen LogP contribution in [-0.2, 0) is 4.79 Å². The first-order valence-electron chi connectivity index (χ1n) is 8.49. The summed E-state index contributed by atoms with van der Waals surface area (Å²) in [6.07, 6.45) is 1.28. The zero-order valence-corrected chi connectivity index (χ0v) is 16.4. The van der Waals surface area contributed by atoms with Gasteiger partial charge in [-0.1, -0.05) is 23.2 Å². The van der Waals surface area contributed by atoms with Crippen molar-refractivity contribution < 1.29 is 9.59 Å². The summed E-state index contributed by atoms with van der Waals surface area (Å²) in [6, 6.07) is 5.93. The van der Waals surface area contributed by atoms with E-state index >= 15 is 0 Å². The Labute approximate surface area is 167 Å². The standard InChI is InChI=1S/C18H19Cl2N5O2/c1-10-8-11(2)22-18(21-10)24-23-16(26)15-4-3-7-25(15)17(27)13-9-12(19)5-6-14(13)20/h5-6,8-9,15H,3-4,7H2,1-2H3,(H,23,26)(H,21,22,24). The van der Waals surface area contributed by atoms with E-state index in [0.717, 1.165) is 17.8 Å². The lowest BCUT2D eigenvalue weighted by Gasteiger charge is -2.24. The summed E-state index contributed by atoms with van der Waals surface area (Å²) in [5, 5.41) is 0.716. The van der Waals surface area contributed by atoms with Gasteiger partial charge in [0.15, 0.2) is 0 Å². The Kier molecular flexibility index (Phi) is 5.82. The summed E-state index contributed by atoms with van der Waals surface area (Å²) in [4.78, 5) is 35.4. The van der Waals surface area contributed by atoms with E-state index in [4.69, 9.17) is 23.2 Å². The zero-order valence-electron chi connectivity index (χ0n) is 14.9. The zero-order chi connectivity index (χ0) is 19.6. The lowest BCUT2D eigenvalue weighted by atomic mass is 10.1. The number of anilines is 1. The van der Waals surface area contributed by atoms with Crippen LogP contribution in [0.5, 0.6) is 0 Å². The first-order valence-corrected chi connectivity index (χ1v) is 9.25. The fourth-order valence-corrected chi connectivity index (χ4v) is 3.45. The first kappa shape index (κ1) is 19.4. The molecule has 142 valence electrons. The molecule has 1 aromatic carbocycles. The van der Waals surface area contributed by atoms with Crippen molar-refractivity contribution >= 4 is 41.0 Å². The van der Waals surface area contributed by atoms with Gasteiger partial charge in [0.1, 0.15) is 6.04 Å². The number of halogens is 2. The van der Waals surface area contributed by atoms with Crippen LogP contribution in [0.25, 0.3) is 0 Å². The second-order valence-corrected chi connectivity index (χ2v) is 7.21. The van der Waals surface area contributed by atoms with E-state index in [9.17, 15) is 9.59 Å². The molecule has 1 aromatic heterocycles. The van der Waals surface area contributed by atoms with E-state index in [1.54, 1.807) is 12.1 Å². The van der Waals surface area contributed by atoms with E-state index in [0.29, 0.717) is 29.0 Å². The number of nitrogens with zero attached hydrogens (tertiary/aromatic N) is 3. The molecule has 2 aromatic rings. The van der Waals surface area contributed by atoms with Crippen molar-refractivity contribution in [3.05, 3.63) is 51.3 Å². The van der Waals surface area contributed by atoms with E-state index in [1.165, 1.54) is 11.0 Å². The van der Waals surface area contributed by atoms with Gasteiger partial charge in [-0.3, -0.25) is 20.4 Å². The van der Waals surface area contributed by atoms with E-state index < -0.39 is 6.04 Å². The van der Waals surface area contributed by atoms with Crippen molar-refractivity contribution in [1.29, 1.82) is 0 Å². The molecule has 1 saturated heterocycles. The number of hydrogen-bond acceptors (Lipinski definition) is 5. The topological polar surface area (TPSA) is 87.2 Å². The van der Waals surface area contributed by atoms with Gasteiger partial charge in [-0.15, -0.1) is 0 Å². The van der Waals surface area contributed by atoms with E-state index in [1.807, 2.05) is 19.9 Å². The monoisotopic (exact) mass is 407 g/mol. The number of hydrazine groups is 1. The molecule has 2 heterocycles. The Morgan fingerprint density at radius 2 is 1.85 bits per heavy atom. The van der Waals surface area contributed by atoms with Gasteiger partial charge in [0.25, 0.3) is 11.8 Å². The van der Waals surface area contributed by atoms with E-state index in [-0.39, 0.29) is 17.4 Å². The molecule has 27 heavy (non-hydrogen) atoms. The molecule has 9 heteroatoms. The van der Waals surface area contributed by atoms with Gasteiger partial charge in [-0.2, -0.15) is 0 Å². The molecule has 1 aliphatic rings. The minimum absolute atomic E-state index is 0.287. The molecule has 1 aliphatic heterocycles. The van der Waals surface area contributed by atoms with Crippen LogP contribution < -0.4 is 10.9 Å². The van der Waals surface area contributed by atoms with Crippen molar-refractivity contribution in [3.8, 4) is 0 Å². The molecule has 0 spiro atoms. The van der Waals surface area contributed by atoms with Crippen LogP contribution in [0.1, 0.15) is 34.6 Å². The van der Waals surface area contributed by atoms with Gasteiger partial charge < -0.3 is 4.90 Å². The lowest BCUT2D eigenvalue weighted by molar-refractivity contribution is -0.124. The summed E-state index contributed by atoms with van der Waals surface area (Å²) in [5.74, 6) is -0.348. The predicted molar refractivity (Wildman–Crippen MR) is 104 cm³/mol. The molecule has 2 amide bonds. The number of carbonyl (C=O) groups excluding carboxylic acids is 2. The Balaban J connectivity index is 1.70. The molecule has 1 fully saturated rings. The molecule has 0 bridgehead atoms. The van der Waals surface area contributed by atoms with Gasteiger partial charge in [0, 0.05) is 23.0 Å². The molecule has 0 radical (unpaired) electrons. The quantitative estimate of drug-likeness (QED) is 0.759. The number of benzene rings is 1. The molecule has 1 unspecified atom stereocenters. The number of aryl methyl sites for hydroxylation is 2. The van der Waals surface area contributed by atoms with Crippen LogP contribution >= 0.6 is 23.2 Å². The van der Waals surface area contributed by atoms with Crippen LogP contribution in [-0.4, -0.2) is 39.3 Å². The van der Waals surface area contributed by atoms with Gasteiger partial charge in [-0.05, 0) is 51.0 Å². The molecule has 0 saturated carbocycles. The molecule has 2 N–H and O–H groups in total. The fourth-order valence-electron chi connectivity index (χ4n) is 3.08. The van der Waals surface area contributed by atoms with Crippen LogP contribution in [0.15, 0.2) is 24.3 Å². The smallest absolute Gasteiger partial charge is 0.261 e. The van der Waals surface area contributed by atoms with Crippen molar-refractivity contribution in [2.24, 2.45) is 0 Å². The summed E-state index contributed by atoms with van der Waals surface area (Å²) < 4.78 is 0. The van der Waals surface area contributed by atoms with Crippen LogP contribution in [0.4, 0.5) is 5.95 Å². The minimum atomic E-state index is -0.606. The highest BCUT2D eigenvalue weighted by Crippen LogP contribution is 2.26. The molecular weight excluding hydrogens is 389 g/mol. The van der Waals surface area contributed by atoms with Gasteiger partial charge >= 0.3 is 0 Å². The Morgan fingerprint density at radius 3 is 2.56 bits per heavy atom. The van der Waals surface area contributed by atoms with Crippen LogP contribution in [0, 0.1) is 13.8 Å². The summed E-state index contributed by atoms with van der Waals surface area (Å²) in [5.41, 5.74) is 7.16. The van der Waals surface area contributed by atoms with E-state index in [2.05, 4.69) is 20.8 Å². The highest BCUT2D eigenvalue weighted by molar-refractivity contribution is 6.35. The van der Waals surface area contributed by atoms with Crippen LogP contribution in [0.3, 0.4) is 0 Å². The number of hydrogen-bond donors (Lipinski definition) is 2. The number of likely N-dealkylation sites (tertiary alicyclic amines) is 1. The molecule has 1 atom stereocenters. The number of nitrogens with one attached hydrogen (secondary N) is 2. The third-order valence-corrected chi connectivity index (χ3v) is 4.82. The van der Waals surface area contributed by atoms with Gasteiger partial charge in [0.05, 0.1) is 10.6 Å².